The molecule has 1 aromatic carbocycles. The highest BCUT2D eigenvalue weighted by atomic mass is 19.1. The average molecular weight is 288 g/mol. The third-order valence-electron chi connectivity index (χ3n) is 4.80. The minimum atomic E-state index is -0.787. The molecule has 1 aliphatic carbocycles. The zero-order valence-electron chi connectivity index (χ0n) is 11.6. The van der Waals surface area contributed by atoms with Gasteiger partial charge in [0.25, 0.3) is 0 Å². The molecule has 0 bridgehead atoms. The van der Waals surface area contributed by atoms with Crippen LogP contribution in [0.15, 0.2) is 18.2 Å². The van der Waals surface area contributed by atoms with Crippen molar-refractivity contribution in [1.29, 1.82) is 5.26 Å². The van der Waals surface area contributed by atoms with E-state index < -0.39 is 17.8 Å². The zero-order valence-corrected chi connectivity index (χ0v) is 11.6. The van der Waals surface area contributed by atoms with Crippen LogP contribution in [0.1, 0.15) is 30.4 Å². The summed E-state index contributed by atoms with van der Waals surface area (Å²) >= 11 is 0. The van der Waals surface area contributed by atoms with Crippen LogP contribution >= 0.6 is 0 Å². The van der Waals surface area contributed by atoms with Gasteiger partial charge in [0.2, 0.25) is 0 Å². The highest BCUT2D eigenvalue weighted by molar-refractivity contribution is 5.74. The molecule has 1 saturated carbocycles. The lowest BCUT2D eigenvalue weighted by Crippen LogP contribution is -2.39. The molecule has 0 amide bonds. The van der Waals surface area contributed by atoms with E-state index in [1.807, 2.05) is 11.0 Å². The fraction of sp³-hybridized carbons (Fsp3) is 0.500. The predicted molar refractivity (Wildman–Crippen MR) is 73.8 cm³/mol. The van der Waals surface area contributed by atoms with Crippen molar-refractivity contribution in [3.8, 4) is 6.07 Å². The summed E-state index contributed by atoms with van der Waals surface area (Å²) in [5, 5.41) is 18.6. The second-order valence-corrected chi connectivity index (χ2v) is 5.98. The number of rotatable bonds is 3. The van der Waals surface area contributed by atoms with Crippen molar-refractivity contribution >= 4 is 5.97 Å². The third-order valence-corrected chi connectivity index (χ3v) is 4.80. The fourth-order valence-corrected chi connectivity index (χ4v) is 3.91. The molecule has 1 aromatic rings. The van der Waals surface area contributed by atoms with E-state index in [1.165, 1.54) is 12.1 Å². The monoisotopic (exact) mass is 288 g/mol. The lowest BCUT2D eigenvalue weighted by Gasteiger charge is -2.24. The molecule has 1 heterocycles. The summed E-state index contributed by atoms with van der Waals surface area (Å²) in [7, 11) is 0. The van der Waals surface area contributed by atoms with Gasteiger partial charge in [0, 0.05) is 13.1 Å². The van der Waals surface area contributed by atoms with Crippen LogP contribution in [0.4, 0.5) is 4.39 Å². The number of aliphatic carboxylic acids is 1. The number of likely N-dealkylation sites (tertiary alicyclic amines) is 1. The second-order valence-electron chi connectivity index (χ2n) is 5.98. The first-order valence-electron chi connectivity index (χ1n) is 7.25. The summed E-state index contributed by atoms with van der Waals surface area (Å²) in [6, 6.07) is 5.63. The molecule has 21 heavy (non-hydrogen) atoms. The molecule has 4 nitrogen and oxygen atoms in total. The Kier molecular flexibility index (Phi) is 3.64. The van der Waals surface area contributed by atoms with Gasteiger partial charge in [-0.15, -0.1) is 0 Å². The number of hydrogen-bond donors (Lipinski definition) is 1. The van der Waals surface area contributed by atoms with Crippen LogP contribution in [0.5, 0.6) is 0 Å². The van der Waals surface area contributed by atoms with Gasteiger partial charge in [-0.25, -0.2) is 4.39 Å². The van der Waals surface area contributed by atoms with Gasteiger partial charge in [0.15, 0.2) is 0 Å². The first-order chi connectivity index (χ1) is 10.1. The Hall–Kier alpha value is -1.93. The van der Waals surface area contributed by atoms with Crippen molar-refractivity contribution in [3.63, 3.8) is 0 Å². The van der Waals surface area contributed by atoms with Gasteiger partial charge in [0.05, 0.1) is 11.6 Å². The van der Waals surface area contributed by atoms with Crippen LogP contribution in [0.25, 0.3) is 0 Å². The topological polar surface area (TPSA) is 64.3 Å². The third kappa shape index (κ3) is 2.52. The quantitative estimate of drug-likeness (QED) is 0.927. The van der Waals surface area contributed by atoms with Crippen LogP contribution in [0, 0.1) is 29.0 Å². The van der Waals surface area contributed by atoms with E-state index in [-0.39, 0.29) is 11.5 Å². The minimum absolute atomic E-state index is 0.216. The molecule has 2 aliphatic rings. The van der Waals surface area contributed by atoms with E-state index in [9.17, 15) is 14.3 Å². The zero-order chi connectivity index (χ0) is 15.0. The fourth-order valence-electron chi connectivity index (χ4n) is 3.91. The van der Waals surface area contributed by atoms with Crippen LogP contribution in [-0.4, -0.2) is 28.6 Å². The van der Waals surface area contributed by atoms with Gasteiger partial charge in [-0.3, -0.25) is 9.69 Å². The summed E-state index contributed by atoms with van der Waals surface area (Å²) in [5.41, 5.74) is 0.987. The Bertz CT molecular complexity index is 611. The molecule has 3 unspecified atom stereocenters. The van der Waals surface area contributed by atoms with Gasteiger partial charge >= 0.3 is 5.97 Å². The van der Waals surface area contributed by atoms with Crippen molar-refractivity contribution in [2.75, 3.05) is 6.54 Å². The van der Waals surface area contributed by atoms with Gasteiger partial charge < -0.3 is 5.11 Å². The van der Waals surface area contributed by atoms with E-state index in [0.717, 1.165) is 25.8 Å². The normalized spacial score (nSPS) is 28.3. The lowest BCUT2D eigenvalue weighted by molar-refractivity contribution is -0.143. The maximum Gasteiger partial charge on any atom is 0.321 e. The summed E-state index contributed by atoms with van der Waals surface area (Å²) in [6.45, 7) is 1.15. The maximum atomic E-state index is 13.2. The SMILES string of the molecule is N#Cc1cc(F)ccc1CN1CC2CCCC2C1C(=O)O. The molecule has 0 aromatic heterocycles. The van der Waals surface area contributed by atoms with Crippen molar-refractivity contribution in [2.24, 2.45) is 11.8 Å². The lowest BCUT2D eigenvalue weighted by atomic mass is 9.94. The summed E-state index contributed by atoms with van der Waals surface area (Å²) in [5.74, 6) is -0.570. The average Bonchev–Trinajstić information content (AvgIpc) is 3.00. The molecule has 1 aliphatic heterocycles. The van der Waals surface area contributed by atoms with E-state index in [4.69, 9.17) is 5.26 Å². The summed E-state index contributed by atoms with van der Waals surface area (Å²) in [6.07, 6.45) is 3.15. The molecule has 3 rings (SSSR count). The molecule has 0 radical (unpaired) electrons. The van der Waals surface area contributed by atoms with E-state index in [0.29, 0.717) is 18.0 Å². The van der Waals surface area contributed by atoms with Crippen molar-refractivity contribution < 1.29 is 14.3 Å². The predicted octanol–water partition coefficient (Wildman–Crippen LogP) is 2.38. The molecule has 5 heteroatoms. The first-order valence-corrected chi connectivity index (χ1v) is 7.25. The molecule has 3 atom stereocenters. The van der Waals surface area contributed by atoms with Gasteiger partial charge in [-0.2, -0.15) is 5.26 Å². The molecule has 0 spiro atoms. The van der Waals surface area contributed by atoms with Crippen LogP contribution in [-0.2, 0) is 11.3 Å². The highest BCUT2D eigenvalue weighted by Gasteiger charge is 2.47. The number of nitrogens with zero attached hydrogens (tertiary/aromatic N) is 2. The number of nitriles is 1. The molecule has 1 N–H and O–H groups in total. The number of carboxylic acids is 1. The molecular formula is C16H17FN2O2. The molecule has 2 fully saturated rings. The molecular weight excluding hydrogens is 271 g/mol. The van der Waals surface area contributed by atoms with Gasteiger partial charge in [-0.1, -0.05) is 12.5 Å². The van der Waals surface area contributed by atoms with E-state index >= 15 is 0 Å². The smallest absolute Gasteiger partial charge is 0.321 e. The van der Waals surface area contributed by atoms with Crippen LogP contribution < -0.4 is 0 Å². The van der Waals surface area contributed by atoms with Crippen LogP contribution in [0.3, 0.4) is 0 Å². The summed E-state index contributed by atoms with van der Waals surface area (Å²) in [4.78, 5) is 13.5. The van der Waals surface area contributed by atoms with E-state index in [1.54, 1.807) is 6.07 Å². The standard InChI is InChI=1S/C16H17FN2O2/c17-13-5-4-10(12(6-13)7-18)8-19-9-11-2-1-3-14(11)15(19)16(20)21/h4-6,11,14-15H,1-3,8-9H2,(H,20,21). The Balaban J connectivity index is 1.84. The molecule has 110 valence electrons. The van der Waals surface area contributed by atoms with Crippen molar-refractivity contribution in [3.05, 3.63) is 35.1 Å². The summed E-state index contributed by atoms with van der Waals surface area (Å²) < 4.78 is 13.2. The minimum Gasteiger partial charge on any atom is -0.480 e. The number of carbonyl (C=O) groups is 1. The Morgan fingerprint density at radius 1 is 1.48 bits per heavy atom. The number of hydrogen-bond acceptors (Lipinski definition) is 3. The number of benzene rings is 1. The number of fused-ring (bicyclic) bond motifs is 1. The molecule has 1 saturated heterocycles. The Morgan fingerprint density at radius 2 is 2.29 bits per heavy atom. The van der Waals surface area contributed by atoms with Gasteiger partial charge in [0.1, 0.15) is 11.9 Å². The Labute approximate surface area is 122 Å². The van der Waals surface area contributed by atoms with E-state index in [2.05, 4.69) is 0 Å². The van der Waals surface area contributed by atoms with Crippen molar-refractivity contribution in [1.82, 2.24) is 4.90 Å². The number of halogens is 1. The first kappa shape index (κ1) is 14.0. The maximum absolute atomic E-state index is 13.2. The van der Waals surface area contributed by atoms with Gasteiger partial charge in [-0.05, 0) is 42.4 Å². The highest BCUT2D eigenvalue weighted by Crippen LogP contribution is 2.42. The van der Waals surface area contributed by atoms with Crippen LogP contribution in [0.2, 0.25) is 0 Å². The largest absolute Gasteiger partial charge is 0.480 e. The van der Waals surface area contributed by atoms with Crippen molar-refractivity contribution in [2.45, 2.75) is 31.8 Å². The Morgan fingerprint density at radius 3 is 3.00 bits per heavy atom. The number of carboxylic acid groups (broad SMARTS) is 1. The second kappa shape index (κ2) is 5.45.